The third-order valence-corrected chi connectivity index (χ3v) is 4.94. The van der Waals surface area contributed by atoms with Gasteiger partial charge in [-0.1, -0.05) is 6.92 Å². The molecule has 0 radical (unpaired) electrons. The number of aromatic nitrogens is 2. The van der Waals surface area contributed by atoms with E-state index in [0.717, 1.165) is 64.2 Å². The van der Waals surface area contributed by atoms with Gasteiger partial charge >= 0.3 is 0 Å². The van der Waals surface area contributed by atoms with Crippen LogP contribution >= 0.6 is 0 Å². The molecule has 0 bridgehead atoms. The maximum Gasteiger partial charge on any atom is 0.229 e. The number of hydrogen-bond donors (Lipinski definition) is 2. The Labute approximate surface area is 132 Å². The van der Waals surface area contributed by atoms with Gasteiger partial charge < -0.3 is 15.5 Å². The molecule has 6 nitrogen and oxygen atoms in total. The summed E-state index contributed by atoms with van der Waals surface area (Å²) in [5.41, 5.74) is 0. The lowest BCUT2D eigenvalue weighted by molar-refractivity contribution is -0.120. The number of hydrogen-bond acceptors (Lipinski definition) is 4. The van der Waals surface area contributed by atoms with E-state index in [4.69, 9.17) is 0 Å². The Balaban J connectivity index is 1.61. The molecule has 22 heavy (non-hydrogen) atoms. The van der Waals surface area contributed by atoms with Gasteiger partial charge in [-0.25, -0.2) is 4.68 Å². The van der Waals surface area contributed by atoms with Gasteiger partial charge in [-0.05, 0) is 38.8 Å². The van der Waals surface area contributed by atoms with Crippen LogP contribution in [-0.2, 0) is 4.79 Å². The van der Waals surface area contributed by atoms with Gasteiger partial charge in [-0.3, -0.25) is 4.79 Å². The van der Waals surface area contributed by atoms with Crippen molar-refractivity contribution in [1.29, 1.82) is 0 Å². The molecule has 0 saturated carbocycles. The minimum Gasteiger partial charge on any atom is -0.316 e. The number of amides is 1. The molecule has 0 spiro atoms. The third-order valence-electron chi connectivity index (χ3n) is 4.94. The van der Waals surface area contributed by atoms with E-state index >= 15 is 0 Å². The molecule has 2 aliphatic rings. The number of nitrogens with zero attached hydrogens (tertiary/aromatic N) is 3. The molecule has 1 unspecified atom stereocenters. The first-order valence-electron chi connectivity index (χ1n) is 8.55. The lowest BCUT2D eigenvalue weighted by atomic mass is 9.99. The van der Waals surface area contributed by atoms with Crippen molar-refractivity contribution in [3.05, 3.63) is 12.3 Å². The summed E-state index contributed by atoms with van der Waals surface area (Å²) < 4.78 is 2.02. The van der Waals surface area contributed by atoms with Crippen LogP contribution in [0.5, 0.6) is 0 Å². The van der Waals surface area contributed by atoms with Gasteiger partial charge in [-0.2, -0.15) is 5.10 Å². The van der Waals surface area contributed by atoms with Crippen molar-refractivity contribution in [2.24, 2.45) is 5.92 Å². The first kappa shape index (κ1) is 15.5. The smallest absolute Gasteiger partial charge is 0.229 e. The normalized spacial score (nSPS) is 24.3. The Hall–Kier alpha value is -1.40. The predicted molar refractivity (Wildman–Crippen MR) is 86.8 cm³/mol. The summed E-state index contributed by atoms with van der Waals surface area (Å²) in [5, 5.41) is 10.8. The van der Waals surface area contributed by atoms with Crippen LogP contribution in [0.4, 0.5) is 5.82 Å². The number of likely N-dealkylation sites (tertiary alicyclic amines) is 1. The number of nitrogens with one attached hydrogen (secondary N) is 2. The number of piperidine rings is 2. The van der Waals surface area contributed by atoms with Crippen LogP contribution in [0.3, 0.4) is 0 Å². The van der Waals surface area contributed by atoms with Crippen molar-refractivity contribution in [2.45, 2.75) is 38.6 Å². The van der Waals surface area contributed by atoms with Crippen molar-refractivity contribution >= 4 is 11.7 Å². The van der Waals surface area contributed by atoms with Crippen LogP contribution in [0.1, 0.15) is 38.6 Å². The van der Waals surface area contributed by atoms with Crippen LogP contribution in [0.2, 0.25) is 0 Å². The van der Waals surface area contributed by atoms with Crippen molar-refractivity contribution in [3.8, 4) is 0 Å². The molecule has 2 N–H and O–H groups in total. The summed E-state index contributed by atoms with van der Waals surface area (Å²) in [6, 6.07) is 2.32. The number of anilines is 1. The third kappa shape index (κ3) is 3.50. The second-order valence-corrected chi connectivity index (χ2v) is 6.36. The highest BCUT2D eigenvalue weighted by Crippen LogP contribution is 2.25. The van der Waals surface area contributed by atoms with Crippen molar-refractivity contribution in [2.75, 3.05) is 38.0 Å². The Bertz CT molecular complexity index is 486. The minimum atomic E-state index is 0.0824. The molecule has 2 saturated heterocycles. The van der Waals surface area contributed by atoms with E-state index in [1.54, 1.807) is 6.20 Å². The van der Waals surface area contributed by atoms with E-state index in [9.17, 15) is 4.79 Å². The highest BCUT2D eigenvalue weighted by Gasteiger charge is 2.25. The van der Waals surface area contributed by atoms with Gasteiger partial charge in [0, 0.05) is 25.7 Å². The van der Waals surface area contributed by atoms with E-state index in [0.29, 0.717) is 6.04 Å². The topological polar surface area (TPSA) is 62.2 Å². The van der Waals surface area contributed by atoms with Crippen LogP contribution in [0, 0.1) is 5.92 Å². The zero-order valence-electron chi connectivity index (χ0n) is 13.4. The summed E-state index contributed by atoms with van der Waals surface area (Å²) in [7, 11) is 0. The molecule has 0 aliphatic carbocycles. The fourth-order valence-electron chi connectivity index (χ4n) is 3.49. The Morgan fingerprint density at radius 3 is 2.91 bits per heavy atom. The van der Waals surface area contributed by atoms with E-state index in [2.05, 4.69) is 27.6 Å². The van der Waals surface area contributed by atoms with Gasteiger partial charge in [0.2, 0.25) is 5.91 Å². The van der Waals surface area contributed by atoms with E-state index in [1.165, 1.54) is 0 Å². The molecular weight excluding hydrogens is 278 g/mol. The predicted octanol–water partition coefficient (Wildman–Crippen LogP) is 1.48. The molecular formula is C16H27N5O. The van der Waals surface area contributed by atoms with Crippen LogP contribution in [0.15, 0.2) is 12.3 Å². The van der Waals surface area contributed by atoms with Crippen molar-refractivity contribution in [3.63, 3.8) is 0 Å². The van der Waals surface area contributed by atoms with Crippen LogP contribution < -0.4 is 10.6 Å². The molecule has 3 heterocycles. The lowest BCUT2D eigenvalue weighted by Crippen LogP contribution is -2.38. The number of carbonyl (C=O) groups is 1. The maximum absolute atomic E-state index is 12.4. The molecule has 1 aromatic heterocycles. The fraction of sp³-hybridized carbons (Fsp3) is 0.750. The van der Waals surface area contributed by atoms with Gasteiger partial charge in [0.25, 0.3) is 0 Å². The first-order valence-corrected chi connectivity index (χ1v) is 8.55. The van der Waals surface area contributed by atoms with E-state index < -0.39 is 0 Å². The van der Waals surface area contributed by atoms with Crippen molar-refractivity contribution < 1.29 is 4.79 Å². The monoisotopic (exact) mass is 305 g/mol. The number of rotatable bonds is 4. The Morgan fingerprint density at radius 2 is 2.23 bits per heavy atom. The summed E-state index contributed by atoms with van der Waals surface area (Å²) >= 11 is 0. The largest absolute Gasteiger partial charge is 0.316 e. The average Bonchev–Trinajstić information content (AvgIpc) is 3.04. The molecule has 1 amide bonds. The zero-order chi connectivity index (χ0) is 15.4. The quantitative estimate of drug-likeness (QED) is 0.884. The zero-order valence-corrected chi connectivity index (χ0v) is 13.4. The molecule has 1 atom stereocenters. The highest BCUT2D eigenvalue weighted by molar-refractivity contribution is 5.92. The van der Waals surface area contributed by atoms with Crippen LogP contribution in [-0.4, -0.2) is 53.3 Å². The van der Waals surface area contributed by atoms with Gasteiger partial charge in [0.1, 0.15) is 5.82 Å². The molecule has 122 valence electrons. The highest BCUT2D eigenvalue weighted by atomic mass is 16.2. The Kier molecular flexibility index (Phi) is 5.10. The molecule has 6 heteroatoms. The van der Waals surface area contributed by atoms with Gasteiger partial charge in [0.15, 0.2) is 0 Å². The number of carbonyl (C=O) groups excluding carboxylic acids is 1. The molecule has 0 aromatic carbocycles. The summed E-state index contributed by atoms with van der Waals surface area (Å²) in [5.74, 6) is 1.06. The molecule has 3 rings (SSSR count). The van der Waals surface area contributed by atoms with Crippen LogP contribution in [0.25, 0.3) is 0 Å². The second-order valence-electron chi connectivity index (χ2n) is 6.36. The standard InChI is InChI=1S/C16H27N5O/c1-2-20-10-6-14(7-11-20)21-15(5-9-18-21)19-16(22)13-4-3-8-17-12-13/h5,9,13-14,17H,2-4,6-8,10-12H2,1H3,(H,19,22). The van der Waals surface area contributed by atoms with Gasteiger partial charge in [-0.15, -0.1) is 0 Å². The maximum atomic E-state index is 12.4. The first-order chi connectivity index (χ1) is 10.8. The van der Waals surface area contributed by atoms with Crippen molar-refractivity contribution in [1.82, 2.24) is 20.0 Å². The molecule has 1 aromatic rings. The minimum absolute atomic E-state index is 0.0824. The summed E-state index contributed by atoms with van der Waals surface area (Å²) in [6.07, 6.45) is 6.04. The summed E-state index contributed by atoms with van der Waals surface area (Å²) in [4.78, 5) is 14.9. The van der Waals surface area contributed by atoms with E-state index in [1.807, 2.05) is 10.7 Å². The Morgan fingerprint density at radius 1 is 1.41 bits per heavy atom. The molecule has 2 aliphatic heterocycles. The average molecular weight is 305 g/mol. The summed E-state index contributed by atoms with van der Waals surface area (Å²) in [6.45, 7) is 7.36. The lowest BCUT2D eigenvalue weighted by Gasteiger charge is -2.32. The van der Waals surface area contributed by atoms with E-state index in [-0.39, 0.29) is 11.8 Å². The second kappa shape index (κ2) is 7.24. The SMILES string of the molecule is CCN1CCC(n2nccc2NC(=O)C2CCCNC2)CC1. The van der Waals surface area contributed by atoms with Gasteiger partial charge in [0.05, 0.1) is 18.2 Å². The fourth-order valence-corrected chi connectivity index (χ4v) is 3.49. The molecule has 2 fully saturated rings.